The summed E-state index contributed by atoms with van der Waals surface area (Å²) in [6, 6.07) is 12.4. The van der Waals surface area contributed by atoms with Crippen LogP contribution in [0.1, 0.15) is 28.8 Å². The minimum Gasteiger partial charge on any atom is -0.355 e. The van der Waals surface area contributed by atoms with E-state index in [0.717, 1.165) is 56.2 Å². The number of hydrogen-bond donors (Lipinski definition) is 1. The van der Waals surface area contributed by atoms with Crippen molar-refractivity contribution >= 4 is 17.2 Å². The number of nitrogens with one attached hydrogen (secondary N) is 1. The molecular formula is C23H27N5O. The van der Waals surface area contributed by atoms with E-state index in [1.807, 2.05) is 36.8 Å². The van der Waals surface area contributed by atoms with E-state index in [9.17, 15) is 4.79 Å². The van der Waals surface area contributed by atoms with Gasteiger partial charge in [-0.1, -0.05) is 6.07 Å². The Bertz CT molecular complexity index is 987. The second-order valence-electron chi connectivity index (χ2n) is 8.18. The van der Waals surface area contributed by atoms with Gasteiger partial charge in [-0.05, 0) is 54.7 Å². The van der Waals surface area contributed by atoms with Crippen LogP contribution < -0.4 is 10.2 Å². The Labute approximate surface area is 171 Å². The van der Waals surface area contributed by atoms with Gasteiger partial charge in [-0.25, -0.2) is 0 Å². The maximum atomic E-state index is 12.5. The van der Waals surface area contributed by atoms with Crippen LogP contribution in [0.15, 0.2) is 55.0 Å². The summed E-state index contributed by atoms with van der Waals surface area (Å²) in [4.78, 5) is 21.6. The lowest BCUT2D eigenvalue weighted by molar-refractivity contribution is 0.0951. The zero-order valence-corrected chi connectivity index (χ0v) is 16.6. The third kappa shape index (κ3) is 4.12. The summed E-state index contributed by atoms with van der Waals surface area (Å²) in [6.45, 7) is 5.73. The van der Waals surface area contributed by atoms with Crippen LogP contribution in [0.25, 0.3) is 5.52 Å². The van der Waals surface area contributed by atoms with Gasteiger partial charge in [0, 0.05) is 63.4 Å². The molecule has 0 atom stereocenters. The van der Waals surface area contributed by atoms with Crippen molar-refractivity contribution in [2.24, 2.45) is 5.92 Å². The predicted octanol–water partition coefficient (Wildman–Crippen LogP) is 2.80. The van der Waals surface area contributed by atoms with E-state index in [1.165, 1.54) is 18.4 Å². The molecule has 1 saturated heterocycles. The number of hydrogen-bond acceptors (Lipinski definition) is 4. The number of piperazine rings is 1. The highest BCUT2D eigenvalue weighted by molar-refractivity contribution is 5.94. The Morgan fingerprint density at radius 2 is 1.90 bits per heavy atom. The molecule has 6 nitrogen and oxygen atoms in total. The monoisotopic (exact) mass is 389 g/mol. The maximum Gasteiger partial charge on any atom is 0.252 e. The molecule has 0 aromatic carbocycles. The Balaban J connectivity index is 1.26. The van der Waals surface area contributed by atoms with Gasteiger partial charge in [-0.3, -0.25) is 14.7 Å². The van der Waals surface area contributed by atoms with Gasteiger partial charge >= 0.3 is 0 Å². The van der Waals surface area contributed by atoms with E-state index in [1.54, 1.807) is 0 Å². The smallest absolute Gasteiger partial charge is 0.252 e. The number of aromatic nitrogens is 2. The van der Waals surface area contributed by atoms with Crippen LogP contribution in [0.2, 0.25) is 0 Å². The summed E-state index contributed by atoms with van der Waals surface area (Å²) in [5.74, 6) is 1.88. The van der Waals surface area contributed by atoms with Crippen molar-refractivity contribution < 1.29 is 4.79 Å². The quantitative estimate of drug-likeness (QED) is 0.704. The Morgan fingerprint density at radius 3 is 2.66 bits per heavy atom. The normalized spacial score (nSPS) is 17.6. The molecule has 5 rings (SSSR count). The second-order valence-corrected chi connectivity index (χ2v) is 8.18. The summed E-state index contributed by atoms with van der Waals surface area (Å²) in [5.41, 5.74) is 3.11. The molecule has 150 valence electrons. The molecule has 2 fully saturated rings. The van der Waals surface area contributed by atoms with Crippen LogP contribution in [0, 0.1) is 5.92 Å². The van der Waals surface area contributed by atoms with Gasteiger partial charge in [0.25, 0.3) is 5.91 Å². The highest BCUT2D eigenvalue weighted by Crippen LogP contribution is 2.27. The molecule has 0 unspecified atom stereocenters. The molecule has 6 heteroatoms. The molecule has 3 aromatic heterocycles. The molecule has 1 saturated carbocycles. The van der Waals surface area contributed by atoms with E-state index >= 15 is 0 Å². The van der Waals surface area contributed by atoms with Gasteiger partial charge in [0.15, 0.2) is 0 Å². The molecule has 2 aliphatic rings. The van der Waals surface area contributed by atoms with E-state index in [2.05, 4.69) is 42.7 Å². The van der Waals surface area contributed by atoms with E-state index in [-0.39, 0.29) is 5.91 Å². The molecule has 1 N–H and O–H groups in total. The highest BCUT2D eigenvalue weighted by Gasteiger charge is 2.22. The summed E-state index contributed by atoms with van der Waals surface area (Å²) in [5, 5.41) is 3.07. The highest BCUT2D eigenvalue weighted by atomic mass is 16.1. The molecule has 1 aliphatic carbocycles. The van der Waals surface area contributed by atoms with Crippen LogP contribution >= 0.6 is 0 Å². The average Bonchev–Trinajstić information content (AvgIpc) is 3.50. The van der Waals surface area contributed by atoms with Gasteiger partial charge < -0.3 is 14.6 Å². The number of rotatable bonds is 6. The number of amides is 1. The van der Waals surface area contributed by atoms with Gasteiger partial charge in [-0.15, -0.1) is 0 Å². The minimum absolute atomic E-state index is 0.0275. The van der Waals surface area contributed by atoms with Crippen LogP contribution in [0.4, 0.5) is 5.82 Å². The largest absolute Gasteiger partial charge is 0.355 e. The number of carbonyl (C=O) groups excluding carboxylic acids is 1. The van der Waals surface area contributed by atoms with Crippen molar-refractivity contribution in [2.75, 3.05) is 37.6 Å². The third-order valence-electron chi connectivity index (χ3n) is 5.97. The lowest BCUT2D eigenvalue weighted by Gasteiger charge is -2.35. The van der Waals surface area contributed by atoms with Crippen molar-refractivity contribution in [3.8, 4) is 0 Å². The lowest BCUT2D eigenvalue weighted by Crippen LogP contribution is -2.46. The molecule has 3 aromatic rings. The molecule has 0 spiro atoms. The molecule has 1 aliphatic heterocycles. The van der Waals surface area contributed by atoms with E-state index < -0.39 is 0 Å². The first-order chi connectivity index (χ1) is 14.3. The summed E-state index contributed by atoms with van der Waals surface area (Å²) in [6.07, 6.45) is 8.24. The van der Waals surface area contributed by atoms with Crippen molar-refractivity contribution in [1.29, 1.82) is 0 Å². The minimum atomic E-state index is 0.0275. The van der Waals surface area contributed by atoms with Gasteiger partial charge in [-0.2, -0.15) is 0 Å². The Morgan fingerprint density at radius 1 is 1.07 bits per heavy atom. The van der Waals surface area contributed by atoms with E-state index in [0.29, 0.717) is 5.92 Å². The molecular weight excluding hydrogens is 362 g/mol. The zero-order chi connectivity index (χ0) is 19.6. The standard InChI is InChI=1S/C23H27N5O/c29-23(25-15-18-3-4-18)20-5-6-21-7-8-22(28(21)17-20)27-12-10-26(11-13-27)16-19-2-1-9-24-14-19/h1-2,5-9,14,17-18H,3-4,10-13,15-16H2,(H,25,29). The number of carbonyl (C=O) groups is 1. The second kappa shape index (κ2) is 7.87. The number of fused-ring (bicyclic) bond motifs is 1. The van der Waals surface area contributed by atoms with Crippen molar-refractivity contribution in [3.63, 3.8) is 0 Å². The predicted molar refractivity (Wildman–Crippen MR) is 114 cm³/mol. The maximum absolute atomic E-state index is 12.5. The first kappa shape index (κ1) is 18.2. The fraction of sp³-hybridized carbons (Fsp3) is 0.391. The lowest BCUT2D eigenvalue weighted by atomic mass is 10.2. The summed E-state index contributed by atoms with van der Waals surface area (Å²) < 4.78 is 2.16. The van der Waals surface area contributed by atoms with Gasteiger partial charge in [0.1, 0.15) is 5.82 Å². The zero-order valence-electron chi connectivity index (χ0n) is 16.6. The summed E-state index contributed by atoms with van der Waals surface area (Å²) in [7, 11) is 0. The van der Waals surface area contributed by atoms with Crippen LogP contribution in [-0.2, 0) is 6.54 Å². The first-order valence-corrected chi connectivity index (χ1v) is 10.5. The van der Waals surface area contributed by atoms with Crippen molar-refractivity contribution in [2.45, 2.75) is 19.4 Å². The van der Waals surface area contributed by atoms with Crippen molar-refractivity contribution in [1.82, 2.24) is 19.6 Å². The molecule has 4 heterocycles. The molecule has 0 bridgehead atoms. The Hall–Kier alpha value is -2.86. The topological polar surface area (TPSA) is 52.9 Å². The average molecular weight is 390 g/mol. The van der Waals surface area contributed by atoms with Crippen LogP contribution in [-0.4, -0.2) is 52.9 Å². The number of anilines is 1. The molecule has 0 radical (unpaired) electrons. The molecule has 1 amide bonds. The van der Waals surface area contributed by atoms with Crippen molar-refractivity contribution in [3.05, 3.63) is 66.1 Å². The number of pyridine rings is 2. The number of nitrogens with zero attached hydrogens (tertiary/aromatic N) is 4. The fourth-order valence-corrected chi connectivity index (χ4v) is 4.02. The van der Waals surface area contributed by atoms with E-state index in [4.69, 9.17) is 0 Å². The van der Waals surface area contributed by atoms with Crippen LogP contribution in [0.3, 0.4) is 0 Å². The van der Waals surface area contributed by atoms with Gasteiger partial charge in [0.05, 0.1) is 5.56 Å². The van der Waals surface area contributed by atoms with Gasteiger partial charge in [0.2, 0.25) is 0 Å². The summed E-state index contributed by atoms with van der Waals surface area (Å²) >= 11 is 0. The van der Waals surface area contributed by atoms with Crippen LogP contribution in [0.5, 0.6) is 0 Å². The third-order valence-corrected chi connectivity index (χ3v) is 5.97. The Kier molecular flexibility index (Phi) is 4.94. The fourth-order valence-electron chi connectivity index (χ4n) is 4.02. The molecule has 29 heavy (non-hydrogen) atoms. The SMILES string of the molecule is O=C(NCC1CC1)c1ccc2ccc(N3CCN(Cc4cccnc4)CC3)n2c1. The first-order valence-electron chi connectivity index (χ1n) is 10.5.